The Bertz CT molecular complexity index is 415. The molecule has 3 fully saturated rings. The predicted molar refractivity (Wildman–Crippen MR) is 81.6 cm³/mol. The van der Waals surface area contributed by atoms with E-state index in [0.717, 1.165) is 31.8 Å². The summed E-state index contributed by atoms with van der Waals surface area (Å²) in [5.41, 5.74) is 0. The zero-order valence-corrected chi connectivity index (χ0v) is 13.4. The van der Waals surface area contributed by atoms with Gasteiger partial charge < -0.3 is 9.80 Å². The second kappa shape index (κ2) is 5.98. The molecule has 1 saturated carbocycles. The molecule has 0 N–H and O–H groups in total. The molecule has 0 aromatic rings. The summed E-state index contributed by atoms with van der Waals surface area (Å²) in [5.74, 6) is 1.85. The van der Waals surface area contributed by atoms with Crippen LogP contribution in [0.25, 0.3) is 0 Å². The van der Waals surface area contributed by atoms with E-state index in [0.29, 0.717) is 5.92 Å². The molecule has 0 aromatic heterocycles. The van der Waals surface area contributed by atoms with Crippen LogP contribution in [0.3, 0.4) is 0 Å². The quantitative estimate of drug-likeness (QED) is 0.801. The van der Waals surface area contributed by atoms with Gasteiger partial charge in [-0.2, -0.15) is 0 Å². The molecule has 0 bridgehead atoms. The second-order valence-corrected chi connectivity index (χ2v) is 7.15. The van der Waals surface area contributed by atoms with Crippen molar-refractivity contribution in [2.24, 2.45) is 11.8 Å². The third kappa shape index (κ3) is 2.69. The van der Waals surface area contributed by atoms with Crippen molar-refractivity contribution in [3.63, 3.8) is 0 Å². The van der Waals surface area contributed by atoms with Crippen LogP contribution in [-0.2, 0) is 9.59 Å². The van der Waals surface area contributed by atoms with Crippen LogP contribution in [0.2, 0.25) is 0 Å². The lowest BCUT2D eigenvalue weighted by molar-refractivity contribution is -0.159. The molecule has 0 aromatic carbocycles. The molecule has 1 aliphatic carbocycles. The van der Waals surface area contributed by atoms with E-state index in [-0.39, 0.29) is 23.9 Å². The Balaban J connectivity index is 1.64. The van der Waals surface area contributed by atoms with Crippen LogP contribution in [0, 0.1) is 11.8 Å². The van der Waals surface area contributed by atoms with Crippen molar-refractivity contribution in [1.82, 2.24) is 9.80 Å². The van der Waals surface area contributed by atoms with E-state index in [9.17, 15) is 9.59 Å². The zero-order valence-electron chi connectivity index (χ0n) is 13.4. The van der Waals surface area contributed by atoms with Gasteiger partial charge in [-0.05, 0) is 44.4 Å². The van der Waals surface area contributed by atoms with Gasteiger partial charge in [0.15, 0.2) is 0 Å². The normalized spacial score (nSPS) is 37.0. The summed E-state index contributed by atoms with van der Waals surface area (Å²) in [7, 11) is 0. The number of hydrogen-bond acceptors (Lipinski definition) is 2. The molecule has 2 heterocycles. The summed E-state index contributed by atoms with van der Waals surface area (Å²) >= 11 is 0. The fraction of sp³-hybridized carbons (Fsp3) is 0.882. The lowest BCUT2D eigenvalue weighted by Crippen LogP contribution is -2.62. The van der Waals surface area contributed by atoms with E-state index in [2.05, 4.69) is 6.92 Å². The average molecular weight is 292 g/mol. The minimum atomic E-state index is -0.254. The SMILES string of the molecule is CCC1CCC(CN2C(=O)C3CCCN3C(=O)C2C)CC1. The molecule has 2 amide bonds. The summed E-state index contributed by atoms with van der Waals surface area (Å²) in [5, 5.41) is 0. The number of nitrogens with zero attached hydrogens (tertiary/aromatic N) is 2. The van der Waals surface area contributed by atoms with Gasteiger partial charge in [0.2, 0.25) is 11.8 Å². The van der Waals surface area contributed by atoms with Crippen LogP contribution < -0.4 is 0 Å². The molecular weight excluding hydrogens is 264 g/mol. The summed E-state index contributed by atoms with van der Waals surface area (Å²) in [4.78, 5) is 28.8. The first-order chi connectivity index (χ1) is 10.1. The molecule has 118 valence electrons. The van der Waals surface area contributed by atoms with Crippen molar-refractivity contribution in [2.45, 2.75) is 70.9 Å². The first-order valence-corrected chi connectivity index (χ1v) is 8.72. The number of carbonyl (C=O) groups is 2. The number of piperazine rings is 1. The minimum absolute atomic E-state index is 0.152. The molecular formula is C17H28N2O2. The van der Waals surface area contributed by atoms with Gasteiger partial charge in [-0.25, -0.2) is 0 Å². The number of rotatable bonds is 3. The minimum Gasteiger partial charge on any atom is -0.329 e. The highest BCUT2D eigenvalue weighted by Gasteiger charge is 2.46. The summed E-state index contributed by atoms with van der Waals surface area (Å²) < 4.78 is 0. The Morgan fingerprint density at radius 2 is 1.67 bits per heavy atom. The number of carbonyl (C=O) groups excluding carboxylic acids is 2. The first-order valence-electron chi connectivity index (χ1n) is 8.72. The second-order valence-electron chi connectivity index (χ2n) is 7.15. The Hall–Kier alpha value is -1.06. The van der Waals surface area contributed by atoms with Crippen molar-refractivity contribution < 1.29 is 9.59 Å². The highest BCUT2D eigenvalue weighted by molar-refractivity contribution is 5.97. The first kappa shape index (κ1) is 14.9. The summed E-state index contributed by atoms with van der Waals surface area (Å²) in [6.45, 7) is 5.75. The van der Waals surface area contributed by atoms with Gasteiger partial charge in [0, 0.05) is 13.1 Å². The van der Waals surface area contributed by atoms with Crippen LogP contribution in [0.1, 0.15) is 58.8 Å². The largest absolute Gasteiger partial charge is 0.329 e. The van der Waals surface area contributed by atoms with E-state index >= 15 is 0 Å². The van der Waals surface area contributed by atoms with Gasteiger partial charge >= 0.3 is 0 Å². The van der Waals surface area contributed by atoms with Crippen molar-refractivity contribution in [2.75, 3.05) is 13.1 Å². The summed E-state index contributed by atoms with van der Waals surface area (Å²) in [6.07, 6.45) is 8.14. The fourth-order valence-corrected chi connectivity index (χ4v) is 4.39. The topological polar surface area (TPSA) is 40.6 Å². The monoisotopic (exact) mass is 292 g/mol. The molecule has 0 spiro atoms. The molecule has 2 atom stereocenters. The zero-order chi connectivity index (χ0) is 15.0. The number of fused-ring (bicyclic) bond motifs is 1. The van der Waals surface area contributed by atoms with Crippen LogP contribution in [-0.4, -0.2) is 46.8 Å². The highest BCUT2D eigenvalue weighted by Crippen LogP contribution is 2.33. The van der Waals surface area contributed by atoms with Gasteiger partial charge in [0.05, 0.1) is 0 Å². The fourth-order valence-electron chi connectivity index (χ4n) is 4.39. The van der Waals surface area contributed by atoms with Crippen LogP contribution in [0.15, 0.2) is 0 Å². The van der Waals surface area contributed by atoms with Crippen LogP contribution >= 0.6 is 0 Å². The molecule has 4 heteroatoms. The van der Waals surface area contributed by atoms with Gasteiger partial charge in [0.1, 0.15) is 12.1 Å². The van der Waals surface area contributed by atoms with Gasteiger partial charge in [-0.3, -0.25) is 9.59 Å². The smallest absolute Gasteiger partial charge is 0.246 e. The Labute approximate surface area is 127 Å². The van der Waals surface area contributed by atoms with Crippen LogP contribution in [0.5, 0.6) is 0 Å². The van der Waals surface area contributed by atoms with E-state index in [4.69, 9.17) is 0 Å². The van der Waals surface area contributed by atoms with E-state index < -0.39 is 0 Å². The van der Waals surface area contributed by atoms with Crippen molar-refractivity contribution in [3.8, 4) is 0 Å². The van der Waals surface area contributed by atoms with Gasteiger partial charge in [0.25, 0.3) is 0 Å². The van der Waals surface area contributed by atoms with E-state index in [1.807, 2.05) is 16.7 Å². The van der Waals surface area contributed by atoms with E-state index in [1.54, 1.807) is 0 Å². The lowest BCUT2D eigenvalue weighted by atomic mass is 9.80. The predicted octanol–water partition coefficient (Wildman–Crippen LogP) is 2.42. The maximum Gasteiger partial charge on any atom is 0.246 e. The van der Waals surface area contributed by atoms with Crippen LogP contribution in [0.4, 0.5) is 0 Å². The van der Waals surface area contributed by atoms with Crippen molar-refractivity contribution in [1.29, 1.82) is 0 Å². The molecule has 4 nitrogen and oxygen atoms in total. The number of hydrogen-bond donors (Lipinski definition) is 0. The van der Waals surface area contributed by atoms with E-state index in [1.165, 1.54) is 32.1 Å². The van der Waals surface area contributed by atoms with Gasteiger partial charge in [-0.15, -0.1) is 0 Å². The molecule has 21 heavy (non-hydrogen) atoms. The highest BCUT2D eigenvalue weighted by atomic mass is 16.2. The molecule has 2 unspecified atom stereocenters. The van der Waals surface area contributed by atoms with Crippen molar-refractivity contribution >= 4 is 11.8 Å². The third-order valence-electron chi connectivity index (χ3n) is 5.93. The lowest BCUT2D eigenvalue weighted by Gasteiger charge is -2.43. The molecule has 2 aliphatic heterocycles. The Kier molecular flexibility index (Phi) is 4.23. The Morgan fingerprint density at radius 1 is 1.00 bits per heavy atom. The van der Waals surface area contributed by atoms with Crippen molar-refractivity contribution in [3.05, 3.63) is 0 Å². The average Bonchev–Trinajstić information content (AvgIpc) is 3.00. The standard InChI is InChI=1S/C17H28N2O2/c1-3-13-6-8-14(9-7-13)11-19-12(2)16(20)18-10-4-5-15(18)17(19)21/h12-15H,3-11H2,1-2H3. The molecule has 3 aliphatic rings. The van der Waals surface area contributed by atoms with Gasteiger partial charge in [-0.1, -0.05) is 26.2 Å². The molecule has 3 rings (SSSR count). The third-order valence-corrected chi connectivity index (χ3v) is 5.93. The maximum atomic E-state index is 12.7. The number of amides is 2. The molecule has 2 saturated heterocycles. The summed E-state index contributed by atoms with van der Waals surface area (Å²) in [6, 6.07) is -0.406. The maximum absolute atomic E-state index is 12.7. The molecule has 0 radical (unpaired) electrons. The Morgan fingerprint density at radius 3 is 2.33 bits per heavy atom.